The molecular weight excluding hydrogens is 370 g/mol. The van der Waals surface area contributed by atoms with E-state index in [-0.39, 0.29) is 11.0 Å². The lowest BCUT2D eigenvalue weighted by Crippen LogP contribution is -2.08. The van der Waals surface area contributed by atoms with Crippen LogP contribution in [0.2, 0.25) is 5.15 Å². The Balaban J connectivity index is 2.37. The van der Waals surface area contributed by atoms with Gasteiger partial charge in [0.1, 0.15) is 16.7 Å². The molecule has 7 heteroatoms. The molecule has 0 atom stereocenters. The molecule has 0 radical (unpaired) electrons. The van der Waals surface area contributed by atoms with Gasteiger partial charge in [0.2, 0.25) is 5.43 Å². The van der Waals surface area contributed by atoms with E-state index in [9.17, 15) is 4.79 Å². The molecule has 1 aromatic carbocycles. The zero-order chi connectivity index (χ0) is 13.1. The lowest BCUT2D eigenvalue weighted by atomic mass is 10.3. The molecule has 0 saturated carbocycles. The molecule has 0 aliphatic rings. The summed E-state index contributed by atoms with van der Waals surface area (Å²) < 4.78 is 11.4. The highest BCUT2D eigenvalue weighted by molar-refractivity contribution is 14.1. The van der Waals surface area contributed by atoms with Gasteiger partial charge in [0.15, 0.2) is 0 Å². The highest BCUT2D eigenvalue weighted by Crippen LogP contribution is 2.31. The van der Waals surface area contributed by atoms with Crippen LogP contribution >= 0.6 is 34.2 Å². The van der Waals surface area contributed by atoms with Gasteiger partial charge in [-0.25, -0.2) is 0 Å². The Labute approximate surface area is 121 Å². The van der Waals surface area contributed by atoms with Crippen molar-refractivity contribution in [1.82, 2.24) is 10.2 Å². The first-order chi connectivity index (χ1) is 8.61. The Morgan fingerprint density at radius 3 is 2.78 bits per heavy atom. The van der Waals surface area contributed by atoms with E-state index < -0.39 is 5.43 Å². The maximum Gasteiger partial charge on any atom is 0.285 e. The molecule has 18 heavy (non-hydrogen) atoms. The summed E-state index contributed by atoms with van der Waals surface area (Å²) in [5.74, 6) is 1.10. The van der Waals surface area contributed by atoms with E-state index in [1.54, 1.807) is 25.3 Å². The first-order valence-corrected chi connectivity index (χ1v) is 6.33. The van der Waals surface area contributed by atoms with E-state index in [1.807, 2.05) is 0 Å². The van der Waals surface area contributed by atoms with Crippen molar-refractivity contribution in [3.05, 3.63) is 43.2 Å². The summed E-state index contributed by atoms with van der Waals surface area (Å²) in [7, 11) is 1.56. The van der Waals surface area contributed by atoms with Crippen LogP contribution in [0.3, 0.4) is 0 Å². The smallest absolute Gasteiger partial charge is 0.285 e. The third-order valence-electron chi connectivity index (χ3n) is 2.09. The molecule has 0 amide bonds. The minimum atomic E-state index is -0.391. The number of nitrogens with one attached hydrogen (secondary N) is 1. The number of aromatic nitrogens is 2. The van der Waals surface area contributed by atoms with Crippen LogP contribution in [0.4, 0.5) is 0 Å². The molecule has 94 valence electrons. The first-order valence-electron chi connectivity index (χ1n) is 4.87. The van der Waals surface area contributed by atoms with E-state index in [1.165, 1.54) is 6.07 Å². The van der Waals surface area contributed by atoms with Crippen LogP contribution in [-0.2, 0) is 0 Å². The van der Waals surface area contributed by atoms with Crippen molar-refractivity contribution in [3.8, 4) is 17.4 Å². The number of rotatable bonds is 3. The lowest BCUT2D eigenvalue weighted by molar-refractivity contribution is 0.401. The van der Waals surface area contributed by atoms with E-state index >= 15 is 0 Å². The predicted octanol–water partition coefficient (Wildman–Crippen LogP) is 2.83. The Morgan fingerprint density at radius 1 is 1.39 bits per heavy atom. The number of nitrogens with zero attached hydrogens (tertiary/aromatic N) is 1. The summed E-state index contributed by atoms with van der Waals surface area (Å²) in [6.45, 7) is 0. The van der Waals surface area contributed by atoms with Gasteiger partial charge < -0.3 is 9.47 Å². The van der Waals surface area contributed by atoms with Crippen molar-refractivity contribution in [1.29, 1.82) is 0 Å². The van der Waals surface area contributed by atoms with Crippen LogP contribution in [0.5, 0.6) is 17.4 Å². The fourth-order valence-corrected chi connectivity index (χ4v) is 2.10. The van der Waals surface area contributed by atoms with Gasteiger partial charge in [-0.3, -0.25) is 9.89 Å². The van der Waals surface area contributed by atoms with Crippen molar-refractivity contribution < 1.29 is 9.47 Å². The van der Waals surface area contributed by atoms with Crippen LogP contribution in [0.15, 0.2) is 29.1 Å². The molecule has 1 N–H and O–H groups in total. The second-order valence-electron chi connectivity index (χ2n) is 3.26. The van der Waals surface area contributed by atoms with Gasteiger partial charge in [-0.2, -0.15) is 0 Å². The molecular formula is C11H8ClIN2O3. The summed E-state index contributed by atoms with van der Waals surface area (Å²) in [6, 6.07) is 6.49. The van der Waals surface area contributed by atoms with Gasteiger partial charge in [-0.1, -0.05) is 17.7 Å². The monoisotopic (exact) mass is 378 g/mol. The van der Waals surface area contributed by atoms with E-state index in [0.717, 1.165) is 3.57 Å². The number of halogens is 2. The quantitative estimate of drug-likeness (QED) is 0.834. The van der Waals surface area contributed by atoms with E-state index in [4.69, 9.17) is 21.1 Å². The molecule has 0 bridgehead atoms. The standard InChI is InChI=1S/C11H8ClIN2O3/c1-17-7-3-2-4-8(10(7)13)18-11-6(16)5-9(12)14-15-11/h2-5H,1H3,(H,14,16). The molecule has 1 aromatic heterocycles. The van der Waals surface area contributed by atoms with Crippen LogP contribution in [-0.4, -0.2) is 17.3 Å². The SMILES string of the molecule is COc1cccc(Oc2n[nH]c(Cl)cc2=O)c1I. The lowest BCUT2D eigenvalue weighted by Gasteiger charge is -2.09. The normalized spacial score (nSPS) is 10.2. The first kappa shape index (κ1) is 13.2. The van der Waals surface area contributed by atoms with Crippen LogP contribution in [0.1, 0.15) is 0 Å². The van der Waals surface area contributed by atoms with Crippen LogP contribution < -0.4 is 14.9 Å². The second kappa shape index (κ2) is 5.57. The summed E-state index contributed by atoms with van der Waals surface area (Å²) >= 11 is 7.67. The van der Waals surface area contributed by atoms with Crippen molar-refractivity contribution in [2.75, 3.05) is 7.11 Å². The molecule has 0 aliphatic heterocycles. The molecule has 1 heterocycles. The van der Waals surface area contributed by atoms with Crippen LogP contribution in [0, 0.1) is 3.57 Å². The van der Waals surface area contributed by atoms with Crippen molar-refractivity contribution >= 4 is 34.2 Å². The van der Waals surface area contributed by atoms with Gasteiger partial charge in [0.05, 0.1) is 10.7 Å². The molecule has 0 unspecified atom stereocenters. The van der Waals surface area contributed by atoms with Gasteiger partial charge >= 0.3 is 0 Å². The molecule has 2 aromatic rings. The fourth-order valence-electron chi connectivity index (χ4n) is 1.27. The summed E-state index contributed by atoms with van der Waals surface area (Å²) in [4.78, 5) is 11.6. The van der Waals surface area contributed by atoms with Gasteiger partial charge in [-0.05, 0) is 34.7 Å². The minimum Gasteiger partial charge on any atom is -0.496 e. The number of methoxy groups -OCH3 is 1. The summed E-state index contributed by atoms with van der Waals surface area (Å²) in [6.07, 6.45) is 0. The highest BCUT2D eigenvalue weighted by atomic mass is 127. The molecule has 0 spiro atoms. The molecule has 5 nitrogen and oxygen atoms in total. The summed E-state index contributed by atoms with van der Waals surface area (Å²) in [5, 5.41) is 6.36. The third kappa shape index (κ3) is 2.75. The number of hydrogen-bond acceptors (Lipinski definition) is 4. The van der Waals surface area contributed by atoms with Gasteiger partial charge in [-0.15, -0.1) is 5.10 Å². The number of benzene rings is 1. The number of H-pyrrole nitrogens is 1. The largest absolute Gasteiger partial charge is 0.496 e. The molecule has 0 saturated heterocycles. The van der Waals surface area contributed by atoms with Crippen LogP contribution in [0.25, 0.3) is 0 Å². The molecule has 2 rings (SSSR count). The second-order valence-corrected chi connectivity index (χ2v) is 4.75. The molecule has 0 aliphatic carbocycles. The Kier molecular flexibility index (Phi) is 4.07. The van der Waals surface area contributed by atoms with Gasteiger partial charge in [0, 0.05) is 6.07 Å². The zero-order valence-corrected chi connectivity index (χ0v) is 12.2. The summed E-state index contributed by atoms with van der Waals surface area (Å²) in [5.41, 5.74) is -0.391. The Morgan fingerprint density at radius 2 is 2.11 bits per heavy atom. The Bertz CT molecular complexity index is 630. The minimum absolute atomic E-state index is 0.0643. The number of aromatic amines is 1. The third-order valence-corrected chi connectivity index (χ3v) is 3.34. The predicted molar refractivity (Wildman–Crippen MR) is 75.7 cm³/mol. The topological polar surface area (TPSA) is 64.2 Å². The van der Waals surface area contributed by atoms with E-state index in [2.05, 4.69) is 32.8 Å². The maximum atomic E-state index is 11.6. The maximum absolute atomic E-state index is 11.6. The van der Waals surface area contributed by atoms with Crippen molar-refractivity contribution in [3.63, 3.8) is 0 Å². The van der Waals surface area contributed by atoms with Crippen molar-refractivity contribution in [2.45, 2.75) is 0 Å². The van der Waals surface area contributed by atoms with E-state index in [0.29, 0.717) is 11.5 Å². The average molecular weight is 379 g/mol. The van der Waals surface area contributed by atoms with Gasteiger partial charge in [0.25, 0.3) is 5.88 Å². The number of hydrogen-bond donors (Lipinski definition) is 1. The zero-order valence-electron chi connectivity index (χ0n) is 9.24. The molecule has 0 fully saturated rings. The highest BCUT2D eigenvalue weighted by Gasteiger charge is 2.11. The fraction of sp³-hybridized carbons (Fsp3) is 0.0909. The number of ether oxygens (including phenoxy) is 2. The van der Waals surface area contributed by atoms with Crippen molar-refractivity contribution in [2.24, 2.45) is 0 Å². The Hall–Kier alpha value is -1.28. The average Bonchev–Trinajstić information content (AvgIpc) is 2.35.